The maximum Gasteiger partial charge on any atom is 0.251 e. The minimum Gasteiger partial charge on any atom is -0.398 e. The van der Waals surface area contributed by atoms with Gasteiger partial charge in [0.05, 0.1) is 0 Å². The van der Waals surface area contributed by atoms with Crippen molar-refractivity contribution in [2.45, 2.75) is 30.7 Å². The van der Waals surface area contributed by atoms with Gasteiger partial charge >= 0.3 is 0 Å². The van der Waals surface area contributed by atoms with Gasteiger partial charge < -0.3 is 10.7 Å². The smallest absolute Gasteiger partial charge is 0.251 e. The molecule has 0 aliphatic heterocycles. The lowest BCUT2D eigenvalue weighted by Crippen LogP contribution is -2.10. The van der Waals surface area contributed by atoms with Crippen molar-refractivity contribution in [1.29, 1.82) is 0 Å². The number of aromatic nitrogens is 2. The summed E-state index contributed by atoms with van der Waals surface area (Å²) in [5, 5.41) is 0.489. The van der Waals surface area contributed by atoms with E-state index in [1.807, 2.05) is 6.92 Å². The minimum atomic E-state index is -0.343. The monoisotopic (exact) mass is 293 g/mol. The standard InChI is InChI=1S/C14H16FN3OS/c1-2-4-9-7-13(19)18-14(17-9)20-8-10-11(15)5-3-6-12(10)16/h3,5-7H,2,4,8,16H2,1H3,(H,17,18,19). The maximum atomic E-state index is 13.6. The first-order valence-electron chi connectivity index (χ1n) is 6.36. The summed E-state index contributed by atoms with van der Waals surface area (Å²) in [7, 11) is 0. The van der Waals surface area contributed by atoms with Gasteiger partial charge in [-0.15, -0.1) is 0 Å². The number of hydrogen-bond donors (Lipinski definition) is 2. The molecule has 1 heterocycles. The Morgan fingerprint density at radius 2 is 2.25 bits per heavy atom. The third-order valence-corrected chi connectivity index (χ3v) is 3.69. The number of anilines is 1. The molecule has 6 heteroatoms. The van der Waals surface area contributed by atoms with Gasteiger partial charge in [0, 0.05) is 28.8 Å². The predicted octanol–water partition coefficient (Wildman–Crippen LogP) is 2.74. The molecule has 4 nitrogen and oxygen atoms in total. The van der Waals surface area contributed by atoms with Gasteiger partial charge in [0.2, 0.25) is 0 Å². The maximum absolute atomic E-state index is 13.6. The number of nitrogen functional groups attached to an aromatic ring is 1. The Morgan fingerprint density at radius 3 is 2.95 bits per heavy atom. The number of thioether (sulfide) groups is 1. The lowest BCUT2D eigenvalue weighted by Gasteiger charge is -2.07. The van der Waals surface area contributed by atoms with Crippen LogP contribution in [0.15, 0.2) is 34.2 Å². The Bertz CT molecular complexity index is 637. The second-order valence-electron chi connectivity index (χ2n) is 4.39. The number of halogens is 1. The van der Waals surface area contributed by atoms with Gasteiger partial charge in [-0.2, -0.15) is 0 Å². The Labute approximate surface area is 120 Å². The Hall–Kier alpha value is -1.82. The average Bonchev–Trinajstić information content (AvgIpc) is 2.38. The lowest BCUT2D eigenvalue weighted by atomic mass is 10.2. The Kier molecular flexibility index (Phi) is 4.79. The summed E-state index contributed by atoms with van der Waals surface area (Å²) in [4.78, 5) is 18.5. The van der Waals surface area contributed by atoms with Crippen molar-refractivity contribution in [2.75, 3.05) is 5.73 Å². The Balaban J connectivity index is 2.16. The number of benzene rings is 1. The third kappa shape index (κ3) is 3.60. The first-order valence-corrected chi connectivity index (χ1v) is 7.34. The van der Waals surface area contributed by atoms with E-state index in [0.717, 1.165) is 18.5 Å². The molecule has 2 aromatic rings. The fourth-order valence-electron chi connectivity index (χ4n) is 1.80. The summed E-state index contributed by atoms with van der Waals surface area (Å²) in [6.45, 7) is 2.02. The van der Waals surface area contributed by atoms with Crippen molar-refractivity contribution in [3.8, 4) is 0 Å². The number of H-pyrrole nitrogens is 1. The molecule has 3 N–H and O–H groups in total. The van der Waals surface area contributed by atoms with Gasteiger partial charge in [0.1, 0.15) is 5.82 Å². The van der Waals surface area contributed by atoms with Gasteiger partial charge in [-0.25, -0.2) is 9.37 Å². The molecule has 0 aliphatic carbocycles. The molecule has 0 spiro atoms. The molecule has 0 aliphatic rings. The summed E-state index contributed by atoms with van der Waals surface area (Å²) in [5.74, 6) is -0.0126. The van der Waals surface area contributed by atoms with Crippen LogP contribution in [-0.4, -0.2) is 9.97 Å². The van der Waals surface area contributed by atoms with Crippen molar-refractivity contribution >= 4 is 17.4 Å². The molecule has 0 fully saturated rings. The minimum absolute atomic E-state index is 0.188. The zero-order chi connectivity index (χ0) is 14.5. The number of hydrogen-bond acceptors (Lipinski definition) is 4. The highest BCUT2D eigenvalue weighted by atomic mass is 32.2. The summed E-state index contributed by atoms with van der Waals surface area (Å²) in [6, 6.07) is 6.09. The van der Waals surface area contributed by atoms with E-state index in [-0.39, 0.29) is 11.4 Å². The zero-order valence-corrected chi connectivity index (χ0v) is 12.0. The number of aromatic amines is 1. The van der Waals surface area contributed by atoms with E-state index in [9.17, 15) is 9.18 Å². The van der Waals surface area contributed by atoms with Crippen LogP contribution >= 0.6 is 11.8 Å². The van der Waals surface area contributed by atoms with E-state index >= 15 is 0 Å². The van der Waals surface area contributed by atoms with Crippen LogP contribution in [0.25, 0.3) is 0 Å². The van der Waals surface area contributed by atoms with Crippen molar-refractivity contribution in [2.24, 2.45) is 0 Å². The van der Waals surface area contributed by atoms with Gasteiger partial charge in [-0.05, 0) is 18.6 Å². The molecule has 20 heavy (non-hydrogen) atoms. The van der Waals surface area contributed by atoms with E-state index in [1.54, 1.807) is 12.1 Å². The highest BCUT2D eigenvalue weighted by Crippen LogP contribution is 2.24. The van der Waals surface area contributed by atoms with Crippen LogP contribution in [0.3, 0.4) is 0 Å². The van der Waals surface area contributed by atoms with E-state index in [1.165, 1.54) is 23.9 Å². The largest absolute Gasteiger partial charge is 0.398 e. The molecule has 0 saturated carbocycles. The lowest BCUT2D eigenvalue weighted by molar-refractivity contribution is 0.618. The van der Waals surface area contributed by atoms with Crippen LogP contribution < -0.4 is 11.3 Å². The summed E-state index contributed by atoms with van der Waals surface area (Å²) in [6.07, 6.45) is 1.67. The average molecular weight is 293 g/mol. The summed E-state index contributed by atoms with van der Waals surface area (Å²) in [5.41, 5.74) is 7.15. The molecule has 0 bridgehead atoms. The Morgan fingerprint density at radius 1 is 1.45 bits per heavy atom. The number of rotatable bonds is 5. The molecular formula is C14H16FN3OS. The number of nitrogens with one attached hydrogen (secondary N) is 1. The summed E-state index contributed by atoms with van der Waals surface area (Å²) >= 11 is 1.27. The van der Waals surface area contributed by atoms with Crippen molar-refractivity contribution in [3.63, 3.8) is 0 Å². The molecule has 0 unspecified atom stereocenters. The fourth-order valence-corrected chi connectivity index (χ4v) is 2.74. The topological polar surface area (TPSA) is 71.8 Å². The van der Waals surface area contributed by atoms with Crippen molar-refractivity contribution < 1.29 is 4.39 Å². The van der Waals surface area contributed by atoms with Crippen LogP contribution in [-0.2, 0) is 12.2 Å². The molecule has 0 atom stereocenters. The van der Waals surface area contributed by atoms with Gasteiger partial charge in [-0.1, -0.05) is 31.2 Å². The van der Waals surface area contributed by atoms with E-state index in [4.69, 9.17) is 5.73 Å². The molecule has 0 amide bonds. The van der Waals surface area contributed by atoms with E-state index in [0.29, 0.717) is 22.2 Å². The zero-order valence-electron chi connectivity index (χ0n) is 11.1. The van der Waals surface area contributed by atoms with Crippen molar-refractivity contribution in [3.05, 3.63) is 51.7 Å². The molecule has 1 aromatic heterocycles. The van der Waals surface area contributed by atoms with Crippen LogP contribution in [0.2, 0.25) is 0 Å². The molecule has 0 saturated heterocycles. The highest BCUT2D eigenvalue weighted by Gasteiger charge is 2.08. The quantitative estimate of drug-likeness (QED) is 0.505. The van der Waals surface area contributed by atoms with Crippen LogP contribution in [0.5, 0.6) is 0 Å². The molecule has 2 rings (SSSR count). The van der Waals surface area contributed by atoms with Gasteiger partial charge in [0.25, 0.3) is 5.56 Å². The molecular weight excluding hydrogens is 277 g/mol. The van der Waals surface area contributed by atoms with E-state index in [2.05, 4.69) is 9.97 Å². The number of nitrogens with zero attached hydrogens (tertiary/aromatic N) is 1. The normalized spacial score (nSPS) is 10.7. The molecule has 106 valence electrons. The molecule has 1 aromatic carbocycles. The predicted molar refractivity (Wildman–Crippen MR) is 79.2 cm³/mol. The first kappa shape index (κ1) is 14.6. The number of nitrogens with two attached hydrogens (primary N) is 1. The first-order chi connectivity index (χ1) is 9.60. The van der Waals surface area contributed by atoms with Crippen LogP contribution in [0, 0.1) is 5.82 Å². The van der Waals surface area contributed by atoms with E-state index < -0.39 is 0 Å². The second-order valence-corrected chi connectivity index (χ2v) is 5.35. The van der Waals surface area contributed by atoms with Crippen molar-refractivity contribution in [1.82, 2.24) is 9.97 Å². The SMILES string of the molecule is CCCc1cc(=O)[nH]c(SCc2c(N)cccc2F)n1. The molecule has 0 radical (unpaired) electrons. The van der Waals surface area contributed by atoms with Gasteiger partial charge in [0.15, 0.2) is 5.16 Å². The third-order valence-electron chi connectivity index (χ3n) is 2.79. The van der Waals surface area contributed by atoms with Gasteiger partial charge in [-0.3, -0.25) is 4.79 Å². The van der Waals surface area contributed by atoms with Crippen LogP contribution in [0.1, 0.15) is 24.6 Å². The number of aryl methyl sites for hydroxylation is 1. The summed E-state index contributed by atoms with van der Waals surface area (Å²) < 4.78 is 13.6. The second kappa shape index (κ2) is 6.56. The highest BCUT2D eigenvalue weighted by molar-refractivity contribution is 7.98. The van der Waals surface area contributed by atoms with Crippen LogP contribution in [0.4, 0.5) is 10.1 Å². The fraction of sp³-hybridized carbons (Fsp3) is 0.286.